The first kappa shape index (κ1) is 14.1. The second kappa shape index (κ2) is 6.30. The van der Waals surface area contributed by atoms with Gasteiger partial charge in [0.1, 0.15) is 12.3 Å². The Morgan fingerprint density at radius 2 is 2.05 bits per heavy atom. The van der Waals surface area contributed by atoms with Gasteiger partial charge in [0.2, 0.25) is 5.91 Å². The molecule has 0 spiro atoms. The van der Waals surface area contributed by atoms with Crippen LogP contribution in [0, 0.1) is 0 Å². The Kier molecular flexibility index (Phi) is 4.05. The minimum absolute atomic E-state index is 0.105. The molecule has 112 valence electrons. The molecular formula is C17H17N3O2. The van der Waals surface area contributed by atoms with E-state index in [1.165, 1.54) is 0 Å². The SMILES string of the molecule is C[C@H](NC(=O)Cn1ccc(-c2ccccc2)n1)c1ccco1. The molecule has 0 bridgehead atoms. The predicted molar refractivity (Wildman–Crippen MR) is 82.9 cm³/mol. The van der Waals surface area contributed by atoms with Crippen molar-refractivity contribution in [1.82, 2.24) is 15.1 Å². The van der Waals surface area contributed by atoms with Crippen molar-refractivity contribution in [3.05, 3.63) is 66.8 Å². The van der Waals surface area contributed by atoms with Crippen molar-refractivity contribution in [2.75, 3.05) is 0 Å². The van der Waals surface area contributed by atoms with Crippen LogP contribution >= 0.6 is 0 Å². The lowest BCUT2D eigenvalue weighted by molar-refractivity contribution is -0.122. The summed E-state index contributed by atoms with van der Waals surface area (Å²) >= 11 is 0. The van der Waals surface area contributed by atoms with Crippen LogP contribution in [0.3, 0.4) is 0 Å². The lowest BCUT2D eigenvalue weighted by Gasteiger charge is -2.11. The van der Waals surface area contributed by atoms with Crippen molar-refractivity contribution in [2.45, 2.75) is 19.5 Å². The highest BCUT2D eigenvalue weighted by atomic mass is 16.3. The zero-order valence-electron chi connectivity index (χ0n) is 12.3. The molecule has 0 saturated carbocycles. The number of rotatable bonds is 5. The van der Waals surface area contributed by atoms with Gasteiger partial charge < -0.3 is 9.73 Å². The van der Waals surface area contributed by atoms with E-state index in [9.17, 15) is 4.79 Å². The van der Waals surface area contributed by atoms with Crippen LogP contribution in [0.5, 0.6) is 0 Å². The van der Waals surface area contributed by atoms with Crippen LogP contribution in [0.25, 0.3) is 11.3 Å². The van der Waals surface area contributed by atoms with Gasteiger partial charge in [0.15, 0.2) is 0 Å². The standard InChI is InChI=1S/C17H17N3O2/c1-13(16-8-5-11-22-16)18-17(21)12-20-10-9-15(19-20)14-6-3-2-4-7-14/h2-11,13H,12H2,1H3,(H,18,21)/t13-/m0/s1. The first-order chi connectivity index (χ1) is 10.7. The maximum atomic E-state index is 12.1. The molecule has 0 aliphatic heterocycles. The summed E-state index contributed by atoms with van der Waals surface area (Å²) in [6.45, 7) is 2.06. The van der Waals surface area contributed by atoms with E-state index in [0.717, 1.165) is 17.0 Å². The summed E-state index contributed by atoms with van der Waals surface area (Å²) in [5, 5.41) is 7.31. The molecule has 1 aromatic carbocycles. The number of amides is 1. The van der Waals surface area contributed by atoms with Crippen LogP contribution in [0.15, 0.2) is 65.4 Å². The number of benzene rings is 1. The van der Waals surface area contributed by atoms with Crippen molar-refractivity contribution < 1.29 is 9.21 Å². The van der Waals surface area contributed by atoms with E-state index in [4.69, 9.17) is 4.42 Å². The Bertz CT molecular complexity index is 732. The topological polar surface area (TPSA) is 60.1 Å². The third kappa shape index (κ3) is 3.25. The average Bonchev–Trinajstić information content (AvgIpc) is 3.19. The quantitative estimate of drug-likeness (QED) is 0.787. The van der Waals surface area contributed by atoms with E-state index in [-0.39, 0.29) is 18.5 Å². The van der Waals surface area contributed by atoms with Crippen LogP contribution in [-0.2, 0) is 11.3 Å². The summed E-state index contributed by atoms with van der Waals surface area (Å²) < 4.78 is 6.90. The fraction of sp³-hybridized carbons (Fsp3) is 0.176. The van der Waals surface area contributed by atoms with Crippen molar-refractivity contribution in [3.63, 3.8) is 0 Å². The Labute approximate surface area is 128 Å². The summed E-state index contributed by atoms with van der Waals surface area (Å²) in [7, 11) is 0. The smallest absolute Gasteiger partial charge is 0.242 e. The fourth-order valence-corrected chi connectivity index (χ4v) is 2.26. The van der Waals surface area contributed by atoms with Gasteiger partial charge in [0.05, 0.1) is 18.0 Å². The first-order valence-corrected chi connectivity index (χ1v) is 7.14. The molecule has 0 aliphatic rings. The van der Waals surface area contributed by atoms with Crippen LogP contribution < -0.4 is 5.32 Å². The van der Waals surface area contributed by atoms with Gasteiger partial charge in [-0.1, -0.05) is 30.3 Å². The lowest BCUT2D eigenvalue weighted by Crippen LogP contribution is -2.30. The van der Waals surface area contributed by atoms with Gasteiger partial charge in [-0.25, -0.2) is 0 Å². The molecule has 0 unspecified atom stereocenters. The Morgan fingerprint density at radius 1 is 1.23 bits per heavy atom. The van der Waals surface area contributed by atoms with Gasteiger partial charge in [-0.05, 0) is 25.1 Å². The summed E-state index contributed by atoms with van der Waals surface area (Å²) in [6, 6.07) is 15.3. The van der Waals surface area contributed by atoms with Crippen molar-refractivity contribution in [2.24, 2.45) is 0 Å². The van der Waals surface area contributed by atoms with Crippen LogP contribution in [-0.4, -0.2) is 15.7 Å². The maximum absolute atomic E-state index is 12.1. The molecule has 0 fully saturated rings. The molecule has 3 aromatic rings. The van der Waals surface area contributed by atoms with Gasteiger partial charge in [-0.2, -0.15) is 5.10 Å². The zero-order chi connectivity index (χ0) is 15.4. The molecule has 1 N–H and O–H groups in total. The zero-order valence-corrected chi connectivity index (χ0v) is 12.3. The van der Waals surface area contributed by atoms with Crippen LogP contribution in [0.1, 0.15) is 18.7 Å². The van der Waals surface area contributed by atoms with Gasteiger partial charge in [0, 0.05) is 11.8 Å². The number of carbonyl (C=O) groups is 1. The Hall–Kier alpha value is -2.82. The number of hydrogen-bond acceptors (Lipinski definition) is 3. The molecule has 3 rings (SSSR count). The highest BCUT2D eigenvalue weighted by Crippen LogP contribution is 2.16. The van der Waals surface area contributed by atoms with Gasteiger partial charge >= 0.3 is 0 Å². The highest BCUT2D eigenvalue weighted by Gasteiger charge is 2.12. The Balaban J connectivity index is 1.62. The fourth-order valence-electron chi connectivity index (χ4n) is 2.26. The number of hydrogen-bond donors (Lipinski definition) is 1. The summed E-state index contributed by atoms with van der Waals surface area (Å²) in [4.78, 5) is 12.1. The third-order valence-corrected chi connectivity index (χ3v) is 3.36. The molecule has 0 saturated heterocycles. The Morgan fingerprint density at radius 3 is 2.77 bits per heavy atom. The molecule has 22 heavy (non-hydrogen) atoms. The number of carbonyl (C=O) groups excluding carboxylic acids is 1. The van der Waals surface area contributed by atoms with Gasteiger partial charge in [-0.3, -0.25) is 9.48 Å². The monoisotopic (exact) mass is 295 g/mol. The van der Waals surface area contributed by atoms with E-state index in [0.29, 0.717) is 0 Å². The molecule has 0 aliphatic carbocycles. The van der Waals surface area contributed by atoms with E-state index in [2.05, 4.69) is 10.4 Å². The minimum Gasteiger partial charge on any atom is -0.467 e. The number of aromatic nitrogens is 2. The molecule has 5 nitrogen and oxygen atoms in total. The van der Waals surface area contributed by atoms with E-state index in [1.807, 2.05) is 49.4 Å². The highest BCUT2D eigenvalue weighted by molar-refractivity contribution is 5.76. The average molecular weight is 295 g/mol. The second-order valence-electron chi connectivity index (χ2n) is 5.07. The van der Waals surface area contributed by atoms with E-state index in [1.54, 1.807) is 23.2 Å². The molecule has 2 heterocycles. The lowest BCUT2D eigenvalue weighted by atomic mass is 10.2. The first-order valence-electron chi connectivity index (χ1n) is 7.14. The maximum Gasteiger partial charge on any atom is 0.242 e. The predicted octanol–water partition coefficient (Wildman–Crippen LogP) is 3.02. The van der Waals surface area contributed by atoms with Crippen LogP contribution in [0.4, 0.5) is 0 Å². The number of nitrogens with one attached hydrogen (secondary N) is 1. The van der Waals surface area contributed by atoms with Crippen LogP contribution in [0.2, 0.25) is 0 Å². The number of furan rings is 1. The second-order valence-corrected chi connectivity index (χ2v) is 5.07. The summed E-state index contributed by atoms with van der Waals surface area (Å²) in [6.07, 6.45) is 3.40. The normalized spacial score (nSPS) is 12.0. The molecule has 1 atom stereocenters. The molecular weight excluding hydrogens is 278 g/mol. The molecule has 5 heteroatoms. The van der Waals surface area contributed by atoms with Crippen molar-refractivity contribution >= 4 is 5.91 Å². The number of nitrogens with zero attached hydrogens (tertiary/aromatic N) is 2. The van der Waals surface area contributed by atoms with E-state index >= 15 is 0 Å². The molecule has 1 amide bonds. The largest absolute Gasteiger partial charge is 0.467 e. The molecule has 0 radical (unpaired) electrons. The minimum atomic E-state index is -0.161. The van der Waals surface area contributed by atoms with Crippen molar-refractivity contribution in [1.29, 1.82) is 0 Å². The molecule has 2 aromatic heterocycles. The van der Waals surface area contributed by atoms with Crippen molar-refractivity contribution in [3.8, 4) is 11.3 Å². The summed E-state index contributed by atoms with van der Waals surface area (Å²) in [5.74, 6) is 0.630. The third-order valence-electron chi connectivity index (χ3n) is 3.36. The van der Waals surface area contributed by atoms with Gasteiger partial charge in [0.25, 0.3) is 0 Å². The van der Waals surface area contributed by atoms with Gasteiger partial charge in [-0.15, -0.1) is 0 Å². The van der Waals surface area contributed by atoms with E-state index < -0.39 is 0 Å². The summed E-state index contributed by atoms with van der Waals surface area (Å²) in [5.41, 5.74) is 1.89.